The molecule has 0 radical (unpaired) electrons. The van der Waals surface area contributed by atoms with Crippen molar-refractivity contribution in [1.82, 2.24) is 9.55 Å². The molecule has 0 fully saturated rings. The van der Waals surface area contributed by atoms with Crippen molar-refractivity contribution in [1.29, 1.82) is 0 Å². The van der Waals surface area contributed by atoms with Crippen LogP contribution in [0.25, 0.3) is 71.9 Å². The van der Waals surface area contributed by atoms with Crippen molar-refractivity contribution in [2.45, 2.75) is 6.92 Å². The molecule has 0 aliphatic heterocycles. The molecule has 42 heavy (non-hydrogen) atoms. The van der Waals surface area contributed by atoms with Gasteiger partial charge in [0.15, 0.2) is 0 Å². The first-order valence-electron chi connectivity index (χ1n) is 14.4. The van der Waals surface area contributed by atoms with Crippen LogP contribution < -0.4 is 0 Å². The highest BCUT2D eigenvalue weighted by atomic mass is 15.1. The Bertz CT molecular complexity index is 2240. The van der Waals surface area contributed by atoms with Gasteiger partial charge in [0.2, 0.25) is 0 Å². The Morgan fingerprint density at radius 2 is 1.12 bits per heavy atom. The summed E-state index contributed by atoms with van der Waals surface area (Å²) in [6.45, 7) is 2.13. The summed E-state index contributed by atoms with van der Waals surface area (Å²) in [6, 6.07) is 54.5. The van der Waals surface area contributed by atoms with Gasteiger partial charge in [-0.15, -0.1) is 0 Å². The molecular weight excluding hydrogens is 508 g/mol. The average molecular weight is 537 g/mol. The van der Waals surface area contributed by atoms with Gasteiger partial charge in [0.25, 0.3) is 0 Å². The molecule has 8 rings (SSSR count). The van der Waals surface area contributed by atoms with E-state index in [1.807, 2.05) is 0 Å². The average Bonchev–Trinajstić information content (AvgIpc) is 3.44. The summed E-state index contributed by atoms with van der Waals surface area (Å²) < 4.78 is 2.29. The molecule has 0 aliphatic rings. The van der Waals surface area contributed by atoms with Crippen molar-refractivity contribution < 1.29 is 0 Å². The van der Waals surface area contributed by atoms with E-state index in [2.05, 4.69) is 163 Å². The van der Waals surface area contributed by atoms with Crippen LogP contribution in [0.15, 0.2) is 152 Å². The number of aryl methyl sites for hydroxylation is 1. The molecule has 0 atom stereocenters. The van der Waals surface area contributed by atoms with Crippen LogP contribution >= 0.6 is 0 Å². The van der Waals surface area contributed by atoms with Gasteiger partial charge in [-0.1, -0.05) is 109 Å². The Morgan fingerprint density at radius 1 is 0.476 bits per heavy atom. The van der Waals surface area contributed by atoms with Gasteiger partial charge >= 0.3 is 0 Å². The van der Waals surface area contributed by atoms with Crippen LogP contribution in [0.3, 0.4) is 0 Å². The number of hydrogen-bond donors (Lipinski definition) is 0. The zero-order valence-electron chi connectivity index (χ0n) is 23.3. The number of rotatable bonds is 4. The van der Waals surface area contributed by atoms with Gasteiger partial charge in [-0.2, -0.15) is 0 Å². The van der Waals surface area contributed by atoms with Crippen molar-refractivity contribution in [3.8, 4) is 39.3 Å². The highest BCUT2D eigenvalue weighted by Crippen LogP contribution is 2.38. The van der Waals surface area contributed by atoms with Crippen molar-refractivity contribution in [2.24, 2.45) is 0 Å². The van der Waals surface area contributed by atoms with E-state index in [1.165, 1.54) is 49.4 Å². The predicted octanol–water partition coefficient (Wildman–Crippen LogP) is 10.6. The Labute approximate surface area is 245 Å². The van der Waals surface area contributed by atoms with Crippen molar-refractivity contribution >= 4 is 32.6 Å². The fourth-order valence-electron chi connectivity index (χ4n) is 6.06. The zero-order valence-corrected chi connectivity index (χ0v) is 23.3. The maximum Gasteiger partial charge on any atom is 0.146 e. The molecule has 8 aromatic rings. The molecule has 2 heteroatoms. The maximum atomic E-state index is 5.21. The van der Waals surface area contributed by atoms with E-state index in [0.29, 0.717) is 0 Å². The lowest BCUT2D eigenvalue weighted by Gasteiger charge is -2.14. The van der Waals surface area contributed by atoms with Crippen LogP contribution in [0.5, 0.6) is 0 Å². The largest absolute Gasteiger partial charge is 0.292 e. The molecular formula is C40H28N2. The molecule has 0 unspecified atom stereocenters. The Balaban J connectivity index is 1.34. The SMILES string of the molecule is Cc1ccc(-c2ccc3ccc(-c4cc(-c5nc6ccccc6n5-c5ccccc5)c5ccccc5c4)cc3c2)cc1. The lowest BCUT2D eigenvalue weighted by Crippen LogP contribution is -1.98. The molecule has 7 aromatic carbocycles. The van der Waals surface area contributed by atoms with E-state index >= 15 is 0 Å². The van der Waals surface area contributed by atoms with Crippen LogP contribution in [-0.2, 0) is 0 Å². The summed E-state index contributed by atoms with van der Waals surface area (Å²) >= 11 is 0. The topological polar surface area (TPSA) is 17.8 Å². The van der Waals surface area contributed by atoms with Crippen molar-refractivity contribution in [3.05, 3.63) is 157 Å². The number of nitrogens with zero attached hydrogens (tertiary/aromatic N) is 2. The molecule has 0 amide bonds. The summed E-state index contributed by atoms with van der Waals surface area (Å²) in [4.78, 5) is 5.21. The second kappa shape index (κ2) is 9.87. The maximum absolute atomic E-state index is 5.21. The third-order valence-corrected chi connectivity index (χ3v) is 8.24. The first-order valence-corrected chi connectivity index (χ1v) is 14.4. The van der Waals surface area contributed by atoms with Crippen LogP contribution in [0, 0.1) is 6.92 Å². The smallest absolute Gasteiger partial charge is 0.146 e. The third-order valence-electron chi connectivity index (χ3n) is 8.24. The summed E-state index contributed by atoms with van der Waals surface area (Å²) in [5.41, 5.74) is 10.4. The summed E-state index contributed by atoms with van der Waals surface area (Å²) in [5.74, 6) is 0.947. The Hall–Kier alpha value is -5.47. The van der Waals surface area contributed by atoms with E-state index in [1.54, 1.807) is 0 Å². The number of imidazole rings is 1. The molecule has 1 heterocycles. The molecule has 0 saturated heterocycles. The molecule has 1 aromatic heterocycles. The summed E-state index contributed by atoms with van der Waals surface area (Å²) in [6.07, 6.45) is 0. The second-order valence-corrected chi connectivity index (χ2v) is 11.0. The number of aromatic nitrogens is 2. The van der Waals surface area contributed by atoms with Crippen molar-refractivity contribution in [2.75, 3.05) is 0 Å². The Kier molecular flexibility index (Phi) is 5.72. The van der Waals surface area contributed by atoms with Gasteiger partial charge in [0, 0.05) is 11.3 Å². The van der Waals surface area contributed by atoms with Crippen molar-refractivity contribution in [3.63, 3.8) is 0 Å². The van der Waals surface area contributed by atoms with E-state index in [9.17, 15) is 0 Å². The van der Waals surface area contributed by atoms with Crippen LogP contribution in [-0.4, -0.2) is 9.55 Å². The molecule has 198 valence electrons. The highest BCUT2D eigenvalue weighted by molar-refractivity contribution is 6.01. The molecule has 0 bridgehead atoms. The molecule has 0 aliphatic carbocycles. The first kappa shape index (κ1) is 24.3. The fourth-order valence-corrected chi connectivity index (χ4v) is 6.06. The van der Waals surface area contributed by atoms with E-state index in [0.717, 1.165) is 28.1 Å². The quantitative estimate of drug-likeness (QED) is 0.219. The molecule has 0 N–H and O–H groups in total. The minimum atomic E-state index is 0.947. The van der Waals surface area contributed by atoms with E-state index in [4.69, 9.17) is 4.98 Å². The minimum Gasteiger partial charge on any atom is -0.292 e. The van der Waals surface area contributed by atoms with Crippen LogP contribution in [0.4, 0.5) is 0 Å². The Morgan fingerprint density at radius 3 is 1.93 bits per heavy atom. The van der Waals surface area contributed by atoms with Gasteiger partial charge in [-0.05, 0) is 99.3 Å². The highest BCUT2D eigenvalue weighted by Gasteiger charge is 2.17. The molecule has 0 saturated carbocycles. The minimum absolute atomic E-state index is 0.947. The zero-order chi connectivity index (χ0) is 28.0. The number of hydrogen-bond acceptors (Lipinski definition) is 1. The van der Waals surface area contributed by atoms with Gasteiger partial charge in [0.1, 0.15) is 5.82 Å². The monoisotopic (exact) mass is 536 g/mol. The molecule has 2 nitrogen and oxygen atoms in total. The standard InChI is InChI=1S/C40H28N2/c1-27-15-17-28(18-16-27)30-21-19-29-20-22-31(24-33(29)23-30)34-25-32-9-5-6-12-36(32)37(26-34)40-41-38-13-7-8-14-39(38)42(40)35-10-3-2-4-11-35/h2-26H,1H3. The van der Waals surface area contributed by atoms with Gasteiger partial charge in [0.05, 0.1) is 11.0 Å². The van der Waals surface area contributed by atoms with Crippen LogP contribution in [0.1, 0.15) is 5.56 Å². The second-order valence-electron chi connectivity index (χ2n) is 11.0. The van der Waals surface area contributed by atoms with E-state index in [-0.39, 0.29) is 0 Å². The lowest BCUT2D eigenvalue weighted by atomic mass is 9.94. The van der Waals surface area contributed by atoms with Gasteiger partial charge < -0.3 is 0 Å². The van der Waals surface area contributed by atoms with Crippen LogP contribution in [0.2, 0.25) is 0 Å². The summed E-state index contributed by atoms with van der Waals surface area (Å²) in [7, 11) is 0. The number of para-hydroxylation sites is 3. The summed E-state index contributed by atoms with van der Waals surface area (Å²) in [5, 5.41) is 4.86. The lowest BCUT2D eigenvalue weighted by molar-refractivity contribution is 1.11. The van der Waals surface area contributed by atoms with Gasteiger partial charge in [-0.3, -0.25) is 4.57 Å². The number of benzene rings is 7. The predicted molar refractivity (Wildman–Crippen MR) is 177 cm³/mol. The third kappa shape index (κ3) is 4.17. The normalized spacial score (nSPS) is 11.5. The fraction of sp³-hybridized carbons (Fsp3) is 0.0250. The number of fused-ring (bicyclic) bond motifs is 3. The van der Waals surface area contributed by atoms with Gasteiger partial charge in [-0.25, -0.2) is 4.98 Å². The first-order chi connectivity index (χ1) is 20.7. The van der Waals surface area contributed by atoms with E-state index < -0.39 is 0 Å². The molecule has 0 spiro atoms.